The van der Waals surface area contributed by atoms with E-state index in [2.05, 4.69) is 12.2 Å². The van der Waals surface area contributed by atoms with Crippen LogP contribution < -0.4 is 5.32 Å². The van der Waals surface area contributed by atoms with Crippen molar-refractivity contribution in [3.8, 4) is 0 Å². The van der Waals surface area contributed by atoms with Crippen molar-refractivity contribution in [2.24, 2.45) is 5.92 Å². The first-order valence-electron chi connectivity index (χ1n) is 7.61. The van der Waals surface area contributed by atoms with Crippen LogP contribution in [-0.2, 0) is 0 Å². The average Bonchev–Trinajstić information content (AvgIpc) is 2.43. The van der Waals surface area contributed by atoms with E-state index in [1.54, 1.807) is 13.0 Å². The highest BCUT2D eigenvalue weighted by Crippen LogP contribution is 2.30. The first-order valence-corrected chi connectivity index (χ1v) is 7.61. The second-order valence-electron chi connectivity index (χ2n) is 5.91. The predicted molar refractivity (Wildman–Crippen MR) is 82.1 cm³/mol. The molecule has 1 aromatic rings. The summed E-state index contributed by atoms with van der Waals surface area (Å²) in [6.07, 6.45) is 7.51. The molecular formula is C16H24N2O2. The molecule has 1 aromatic carbocycles. The highest BCUT2D eigenvalue weighted by atomic mass is 16.6. The van der Waals surface area contributed by atoms with E-state index in [-0.39, 0.29) is 10.6 Å². The van der Waals surface area contributed by atoms with Gasteiger partial charge in [0.05, 0.1) is 4.92 Å². The van der Waals surface area contributed by atoms with Crippen molar-refractivity contribution in [2.75, 3.05) is 5.32 Å². The Bertz CT molecular complexity index is 466. The maximum Gasteiger partial charge on any atom is 0.274 e. The van der Waals surface area contributed by atoms with Crippen LogP contribution in [0.5, 0.6) is 0 Å². The van der Waals surface area contributed by atoms with Crippen molar-refractivity contribution in [3.05, 3.63) is 33.9 Å². The van der Waals surface area contributed by atoms with Gasteiger partial charge in [-0.25, -0.2) is 0 Å². The molecule has 4 nitrogen and oxygen atoms in total. The van der Waals surface area contributed by atoms with Gasteiger partial charge in [0.2, 0.25) is 0 Å². The maximum atomic E-state index is 11.0. The Morgan fingerprint density at radius 3 is 2.60 bits per heavy atom. The minimum absolute atomic E-state index is 0.203. The lowest BCUT2D eigenvalue weighted by Gasteiger charge is -2.29. The van der Waals surface area contributed by atoms with Gasteiger partial charge in [0.25, 0.3) is 5.69 Å². The van der Waals surface area contributed by atoms with Crippen molar-refractivity contribution in [2.45, 2.75) is 58.4 Å². The molecule has 1 saturated carbocycles. The number of nitrogens with one attached hydrogen (secondary N) is 1. The highest BCUT2D eigenvalue weighted by molar-refractivity contribution is 5.55. The molecule has 0 aliphatic heterocycles. The van der Waals surface area contributed by atoms with E-state index in [9.17, 15) is 10.1 Å². The Balaban J connectivity index is 1.94. The van der Waals surface area contributed by atoms with Gasteiger partial charge in [-0.3, -0.25) is 10.1 Å². The van der Waals surface area contributed by atoms with E-state index >= 15 is 0 Å². The summed E-state index contributed by atoms with van der Waals surface area (Å²) in [5.41, 5.74) is 1.79. The standard InChI is InChI=1S/C16H24N2O2/c1-3-4-13-6-9-14(10-7-13)17-15-8-5-12(2)16(11-15)18(19)20/h5,8,11,13-14,17H,3-4,6-7,9-10H2,1-2H3. The molecule has 0 bridgehead atoms. The van der Waals surface area contributed by atoms with Crippen molar-refractivity contribution in [3.63, 3.8) is 0 Å². The molecule has 0 radical (unpaired) electrons. The van der Waals surface area contributed by atoms with Crippen molar-refractivity contribution in [1.29, 1.82) is 0 Å². The molecule has 2 rings (SSSR count). The number of nitro benzene ring substituents is 1. The summed E-state index contributed by atoms with van der Waals surface area (Å²) in [5, 5.41) is 14.4. The molecule has 0 heterocycles. The average molecular weight is 276 g/mol. The molecule has 1 aliphatic rings. The lowest BCUT2D eigenvalue weighted by atomic mass is 9.83. The van der Waals surface area contributed by atoms with Gasteiger partial charge in [0, 0.05) is 23.4 Å². The SMILES string of the molecule is CCCC1CCC(Nc2ccc(C)c([N+](=O)[O-])c2)CC1. The van der Waals surface area contributed by atoms with Crippen LogP contribution in [0.1, 0.15) is 51.0 Å². The van der Waals surface area contributed by atoms with E-state index in [1.807, 2.05) is 12.1 Å². The normalized spacial score (nSPS) is 22.5. The fourth-order valence-electron chi connectivity index (χ4n) is 3.14. The van der Waals surface area contributed by atoms with Crippen LogP contribution in [-0.4, -0.2) is 11.0 Å². The fourth-order valence-corrected chi connectivity index (χ4v) is 3.14. The van der Waals surface area contributed by atoms with Crippen molar-refractivity contribution >= 4 is 11.4 Å². The zero-order valence-corrected chi connectivity index (χ0v) is 12.4. The van der Waals surface area contributed by atoms with Gasteiger partial charge >= 0.3 is 0 Å². The third kappa shape index (κ3) is 3.71. The zero-order valence-electron chi connectivity index (χ0n) is 12.4. The maximum absolute atomic E-state index is 11.0. The largest absolute Gasteiger partial charge is 0.382 e. The van der Waals surface area contributed by atoms with Crippen LogP contribution in [0.15, 0.2) is 18.2 Å². The van der Waals surface area contributed by atoms with E-state index in [4.69, 9.17) is 0 Å². The van der Waals surface area contributed by atoms with E-state index in [0.29, 0.717) is 11.6 Å². The summed E-state index contributed by atoms with van der Waals surface area (Å²) in [7, 11) is 0. The van der Waals surface area contributed by atoms with Crippen LogP contribution in [0.2, 0.25) is 0 Å². The Kier molecular flexibility index (Phi) is 4.99. The Hall–Kier alpha value is -1.58. The number of hydrogen-bond acceptors (Lipinski definition) is 3. The third-order valence-corrected chi connectivity index (χ3v) is 4.32. The van der Waals surface area contributed by atoms with Gasteiger partial charge in [-0.15, -0.1) is 0 Å². The van der Waals surface area contributed by atoms with Gasteiger partial charge in [0.1, 0.15) is 0 Å². The monoisotopic (exact) mass is 276 g/mol. The smallest absolute Gasteiger partial charge is 0.274 e. The lowest BCUT2D eigenvalue weighted by molar-refractivity contribution is -0.385. The summed E-state index contributed by atoms with van der Waals surface area (Å²) in [5.74, 6) is 0.880. The summed E-state index contributed by atoms with van der Waals surface area (Å²) < 4.78 is 0. The Labute approximate surface area is 120 Å². The van der Waals surface area contributed by atoms with Crippen LogP contribution in [0, 0.1) is 23.0 Å². The van der Waals surface area contributed by atoms with Gasteiger partial charge in [-0.1, -0.05) is 25.8 Å². The molecular weight excluding hydrogens is 252 g/mol. The minimum Gasteiger partial charge on any atom is -0.382 e. The van der Waals surface area contributed by atoms with Crippen LogP contribution in [0.4, 0.5) is 11.4 Å². The number of nitro groups is 1. The number of nitrogens with zero attached hydrogens (tertiary/aromatic N) is 1. The lowest BCUT2D eigenvalue weighted by Crippen LogP contribution is -2.26. The second-order valence-corrected chi connectivity index (χ2v) is 5.91. The van der Waals surface area contributed by atoms with Crippen molar-refractivity contribution in [1.82, 2.24) is 0 Å². The summed E-state index contributed by atoms with van der Waals surface area (Å²) in [6.45, 7) is 4.02. The molecule has 1 aliphatic carbocycles. The topological polar surface area (TPSA) is 55.2 Å². The molecule has 110 valence electrons. The summed E-state index contributed by atoms with van der Waals surface area (Å²) in [4.78, 5) is 10.7. The van der Waals surface area contributed by atoms with Gasteiger partial charge in [0.15, 0.2) is 0 Å². The molecule has 0 unspecified atom stereocenters. The Morgan fingerprint density at radius 1 is 1.30 bits per heavy atom. The van der Waals surface area contributed by atoms with Gasteiger partial charge in [-0.05, 0) is 44.6 Å². The molecule has 1 fully saturated rings. The van der Waals surface area contributed by atoms with Crippen LogP contribution in [0.25, 0.3) is 0 Å². The number of anilines is 1. The quantitative estimate of drug-likeness (QED) is 0.628. The molecule has 0 saturated heterocycles. The zero-order chi connectivity index (χ0) is 14.5. The van der Waals surface area contributed by atoms with E-state index < -0.39 is 0 Å². The fraction of sp³-hybridized carbons (Fsp3) is 0.625. The molecule has 0 spiro atoms. The number of hydrogen-bond donors (Lipinski definition) is 1. The summed E-state index contributed by atoms with van der Waals surface area (Å²) >= 11 is 0. The number of aryl methyl sites for hydroxylation is 1. The van der Waals surface area contributed by atoms with E-state index in [1.165, 1.54) is 38.5 Å². The first kappa shape index (κ1) is 14.8. The van der Waals surface area contributed by atoms with Gasteiger partial charge in [-0.2, -0.15) is 0 Å². The molecule has 1 N–H and O–H groups in total. The summed E-state index contributed by atoms with van der Waals surface area (Å²) in [6, 6.07) is 5.89. The number of rotatable bonds is 5. The molecule has 0 aromatic heterocycles. The molecule has 0 atom stereocenters. The van der Waals surface area contributed by atoms with Gasteiger partial charge < -0.3 is 5.32 Å². The molecule has 4 heteroatoms. The molecule has 20 heavy (non-hydrogen) atoms. The molecule has 0 amide bonds. The minimum atomic E-state index is -0.307. The number of benzene rings is 1. The van der Waals surface area contributed by atoms with Crippen molar-refractivity contribution < 1.29 is 4.92 Å². The highest BCUT2D eigenvalue weighted by Gasteiger charge is 2.21. The Morgan fingerprint density at radius 2 is 2.00 bits per heavy atom. The first-order chi connectivity index (χ1) is 9.60. The van der Waals surface area contributed by atoms with Crippen LogP contribution >= 0.6 is 0 Å². The second kappa shape index (κ2) is 6.73. The predicted octanol–water partition coefficient (Wildman–Crippen LogP) is 4.67. The third-order valence-electron chi connectivity index (χ3n) is 4.32. The van der Waals surface area contributed by atoms with Crippen LogP contribution in [0.3, 0.4) is 0 Å². The van der Waals surface area contributed by atoms with E-state index in [0.717, 1.165) is 11.6 Å².